The maximum absolute atomic E-state index is 15.7. The van der Waals surface area contributed by atoms with E-state index >= 15 is 4.39 Å². The van der Waals surface area contributed by atoms with E-state index in [0.29, 0.717) is 48.8 Å². The van der Waals surface area contributed by atoms with Crippen molar-refractivity contribution in [1.29, 1.82) is 0 Å². The monoisotopic (exact) mass is 721 g/mol. The van der Waals surface area contributed by atoms with Crippen LogP contribution < -0.4 is 20.1 Å². The normalized spacial score (nSPS) is 17.6. The first-order chi connectivity index (χ1) is 24.0. The topological polar surface area (TPSA) is 118 Å². The van der Waals surface area contributed by atoms with Crippen molar-refractivity contribution in [2.24, 2.45) is 7.05 Å². The Morgan fingerprint density at radius 1 is 1.08 bits per heavy atom. The second-order valence-electron chi connectivity index (χ2n) is 13.2. The number of rotatable bonds is 11. The molecule has 1 aliphatic heterocycles. The van der Waals surface area contributed by atoms with Gasteiger partial charge in [-0.15, -0.1) is 0 Å². The van der Waals surface area contributed by atoms with Gasteiger partial charge in [0, 0.05) is 56.0 Å². The molecule has 4 aromatic rings. The summed E-state index contributed by atoms with van der Waals surface area (Å²) in [4.78, 5) is 31.9. The minimum Gasteiger partial charge on any atom is -0.493 e. The molecule has 3 aliphatic rings. The molecule has 262 valence electrons. The van der Waals surface area contributed by atoms with Crippen LogP contribution in [0.5, 0.6) is 11.5 Å². The van der Waals surface area contributed by atoms with Gasteiger partial charge in [0.25, 0.3) is 5.91 Å². The molecule has 3 aromatic carbocycles. The van der Waals surface area contributed by atoms with E-state index in [1.54, 1.807) is 19.1 Å². The van der Waals surface area contributed by atoms with Crippen molar-refractivity contribution in [2.45, 2.75) is 63.8 Å². The molecule has 0 spiro atoms. The van der Waals surface area contributed by atoms with Crippen LogP contribution in [0.4, 0.5) is 10.1 Å². The summed E-state index contributed by atoms with van der Waals surface area (Å²) in [5.74, 6) is -1.28. The summed E-state index contributed by atoms with van der Waals surface area (Å²) in [6, 6.07) is 13.0. The molecule has 0 bridgehead atoms. The summed E-state index contributed by atoms with van der Waals surface area (Å²) < 4.78 is 29.8. The third-order valence-electron chi connectivity index (χ3n) is 9.97. The summed E-state index contributed by atoms with van der Waals surface area (Å²) in [6.45, 7) is 3.62. The highest BCUT2D eigenvalue weighted by molar-refractivity contribution is 6.36. The van der Waals surface area contributed by atoms with E-state index in [-0.39, 0.29) is 41.1 Å². The first kappa shape index (κ1) is 34.3. The lowest BCUT2D eigenvalue weighted by atomic mass is 9.96. The Bertz CT molecular complexity index is 2010. The van der Waals surface area contributed by atoms with Crippen LogP contribution in [0, 0.1) is 5.82 Å². The van der Waals surface area contributed by atoms with E-state index in [4.69, 9.17) is 32.7 Å². The molecule has 7 rings (SSSR count). The van der Waals surface area contributed by atoms with Gasteiger partial charge in [-0.05, 0) is 62.4 Å². The van der Waals surface area contributed by atoms with Crippen molar-refractivity contribution < 1.29 is 28.6 Å². The molecule has 2 heterocycles. The number of nitrogens with one attached hydrogen (secondary N) is 2. The third-order valence-corrected chi connectivity index (χ3v) is 10.7. The Hall–Kier alpha value is -4.16. The maximum atomic E-state index is 15.7. The fourth-order valence-electron chi connectivity index (χ4n) is 7.02. The molecule has 3 N–H and O–H groups in total. The first-order valence-electron chi connectivity index (χ1n) is 16.7. The van der Waals surface area contributed by atoms with Crippen molar-refractivity contribution in [1.82, 2.24) is 19.8 Å². The molecule has 50 heavy (non-hydrogen) atoms. The minimum atomic E-state index is -1.05. The first-order valence-corrected chi connectivity index (χ1v) is 17.5. The number of carbonyl (C=O) groups is 2. The van der Waals surface area contributed by atoms with Crippen LogP contribution in [-0.2, 0) is 37.8 Å². The number of aromatic nitrogens is 2. The van der Waals surface area contributed by atoms with Gasteiger partial charge < -0.3 is 29.4 Å². The zero-order chi connectivity index (χ0) is 35.3. The van der Waals surface area contributed by atoms with Gasteiger partial charge in [-0.1, -0.05) is 53.5 Å². The summed E-state index contributed by atoms with van der Waals surface area (Å²) in [5.41, 5.74) is 5.20. The molecule has 1 amide bonds. The highest BCUT2D eigenvalue weighted by atomic mass is 35.5. The molecule has 0 saturated heterocycles. The quantitative estimate of drug-likeness (QED) is 0.152. The van der Waals surface area contributed by atoms with Gasteiger partial charge >= 0.3 is 5.97 Å². The number of amides is 1. The average Bonchev–Trinajstić information content (AvgIpc) is 3.68. The fourth-order valence-corrected chi connectivity index (χ4v) is 7.51. The molecule has 13 heteroatoms. The van der Waals surface area contributed by atoms with Crippen molar-refractivity contribution in [3.63, 3.8) is 0 Å². The molecule has 0 radical (unpaired) electrons. The number of carboxylic acid groups (broad SMARTS) is 1. The van der Waals surface area contributed by atoms with Crippen LogP contribution in [0.15, 0.2) is 42.5 Å². The van der Waals surface area contributed by atoms with Gasteiger partial charge in [0.15, 0.2) is 11.6 Å². The van der Waals surface area contributed by atoms with E-state index in [0.717, 1.165) is 46.6 Å². The number of hydrogen-bond donors (Lipinski definition) is 3. The van der Waals surface area contributed by atoms with Crippen molar-refractivity contribution in [3.05, 3.63) is 92.2 Å². The van der Waals surface area contributed by atoms with E-state index in [1.165, 1.54) is 0 Å². The average molecular weight is 723 g/mol. The standard InChI is InChI=1S/C37H38Cl2FN5O5/c1-4-49-29-17-30(32(39)33(40)24(29)18-41-37(14-15-37)36(47)48)50-28-12-11-21-20(7-5-8-22(21)28)23-9-6-10-25(31(23)38)43-35(46)34-42-26-19-44(2)16-13-27(26)45(34)3/h5-10,17,28,41H,4,11-16,18-19H2,1-3H3,(H,43,46)(H,47,48). The molecule has 1 fully saturated rings. The highest BCUT2D eigenvalue weighted by Crippen LogP contribution is 2.46. The SMILES string of the molecule is CCOc1cc(OC2CCc3c(-c4cccc(NC(=O)c5nc6c(n5C)CCN(C)C6)c4Cl)cccc32)c(Cl)c(F)c1CNC1(C(=O)O)CC1. The number of ether oxygens (including phenoxy) is 2. The number of aliphatic carboxylic acids is 1. The summed E-state index contributed by atoms with van der Waals surface area (Å²) >= 11 is 13.5. The summed E-state index contributed by atoms with van der Waals surface area (Å²) in [6.07, 6.45) is 2.65. The predicted molar refractivity (Wildman–Crippen MR) is 189 cm³/mol. The Labute approximate surface area is 299 Å². The zero-order valence-corrected chi connectivity index (χ0v) is 29.6. The predicted octanol–water partition coefficient (Wildman–Crippen LogP) is 6.95. The second-order valence-corrected chi connectivity index (χ2v) is 13.9. The van der Waals surface area contributed by atoms with E-state index in [9.17, 15) is 14.7 Å². The van der Waals surface area contributed by atoms with Crippen LogP contribution in [0.25, 0.3) is 11.1 Å². The number of benzene rings is 3. The lowest BCUT2D eigenvalue weighted by Crippen LogP contribution is -2.38. The van der Waals surface area contributed by atoms with Gasteiger partial charge in [0.1, 0.15) is 28.2 Å². The van der Waals surface area contributed by atoms with Crippen LogP contribution in [-0.4, -0.2) is 57.2 Å². The Balaban J connectivity index is 1.13. The van der Waals surface area contributed by atoms with E-state index < -0.39 is 23.4 Å². The molecule has 1 saturated carbocycles. The number of anilines is 1. The lowest BCUT2D eigenvalue weighted by Gasteiger charge is -2.21. The number of hydrogen-bond acceptors (Lipinski definition) is 7. The molecule has 2 aliphatic carbocycles. The lowest BCUT2D eigenvalue weighted by molar-refractivity contribution is -0.140. The van der Waals surface area contributed by atoms with Gasteiger partial charge in [0.2, 0.25) is 0 Å². The second kappa shape index (κ2) is 13.5. The number of halogens is 3. The maximum Gasteiger partial charge on any atom is 0.323 e. The molecule has 1 atom stereocenters. The Morgan fingerprint density at radius 2 is 1.84 bits per heavy atom. The summed E-state index contributed by atoms with van der Waals surface area (Å²) in [5, 5.41) is 15.7. The minimum absolute atomic E-state index is 0.0509. The van der Waals surface area contributed by atoms with Crippen LogP contribution >= 0.6 is 23.2 Å². The number of likely N-dealkylation sites (N-methyl/N-ethyl adjacent to an activating group) is 1. The summed E-state index contributed by atoms with van der Waals surface area (Å²) in [7, 11) is 3.91. The third kappa shape index (κ3) is 6.21. The van der Waals surface area contributed by atoms with Gasteiger partial charge in [-0.25, -0.2) is 9.37 Å². The number of fused-ring (bicyclic) bond motifs is 2. The van der Waals surface area contributed by atoms with Crippen LogP contribution in [0.1, 0.15) is 71.0 Å². The van der Waals surface area contributed by atoms with Crippen LogP contribution in [0.3, 0.4) is 0 Å². The fraction of sp³-hybridized carbons (Fsp3) is 0.378. The largest absolute Gasteiger partial charge is 0.493 e. The molecule has 1 unspecified atom stereocenters. The molecule has 1 aromatic heterocycles. The Morgan fingerprint density at radius 3 is 2.58 bits per heavy atom. The number of carbonyl (C=O) groups excluding carboxylic acids is 1. The number of imidazole rings is 1. The van der Waals surface area contributed by atoms with Crippen LogP contribution in [0.2, 0.25) is 10.0 Å². The van der Waals surface area contributed by atoms with Crippen molar-refractivity contribution >= 4 is 40.8 Å². The van der Waals surface area contributed by atoms with Crippen molar-refractivity contribution in [2.75, 3.05) is 25.5 Å². The van der Waals surface area contributed by atoms with Crippen molar-refractivity contribution in [3.8, 4) is 22.6 Å². The molecular weight excluding hydrogens is 684 g/mol. The zero-order valence-electron chi connectivity index (χ0n) is 28.0. The van der Waals surface area contributed by atoms with Gasteiger partial charge in [-0.3, -0.25) is 14.9 Å². The number of carboxylic acids is 1. The Kier molecular flexibility index (Phi) is 9.27. The van der Waals surface area contributed by atoms with E-state index in [1.807, 2.05) is 49.0 Å². The van der Waals surface area contributed by atoms with E-state index in [2.05, 4.69) is 20.5 Å². The molecule has 10 nitrogen and oxygen atoms in total. The van der Waals surface area contributed by atoms with Gasteiger partial charge in [-0.2, -0.15) is 0 Å². The smallest absolute Gasteiger partial charge is 0.323 e. The van der Waals surface area contributed by atoms with Gasteiger partial charge in [0.05, 0.1) is 23.0 Å². The molecular formula is C37H38Cl2FN5O5. The number of nitrogens with zero attached hydrogens (tertiary/aromatic N) is 3. The highest BCUT2D eigenvalue weighted by Gasteiger charge is 2.50.